The number of rotatable bonds is 5. The van der Waals surface area contributed by atoms with Crippen LogP contribution >= 0.6 is 0 Å². The van der Waals surface area contributed by atoms with Crippen LogP contribution in [0, 0.1) is 0 Å². The van der Waals surface area contributed by atoms with Crippen molar-refractivity contribution in [1.29, 1.82) is 0 Å². The van der Waals surface area contributed by atoms with Gasteiger partial charge in [0.25, 0.3) is 0 Å². The molecule has 4 unspecified atom stereocenters. The first-order valence-electron chi connectivity index (χ1n) is 7.54. The second-order valence-corrected chi connectivity index (χ2v) is 4.29. The van der Waals surface area contributed by atoms with Crippen LogP contribution in [0.5, 0.6) is 0 Å². The third-order valence-electron chi connectivity index (χ3n) is 2.04. The summed E-state index contributed by atoms with van der Waals surface area (Å²) in [5.41, 5.74) is 14.9. The van der Waals surface area contributed by atoms with E-state index in [4.69, 9.17) is 26.8 Å². The van der Waals surface area contributed by atoms with Crippen LogP contribution in [-0.4, -0.2) is 78.8 Å². The number of likely N-dealkylation sites (N-methyl/N-ethyl adjacent to an activating group) is 1. The molecule has 0 radical (unpaired) electrons. The highest BCUT2D eigenvalue weighted by molar-refractivity contribution is 5.80. The van der Waals surface area contributed by atoms with Gasteiger partial charge in [0.2, 0.25) is 5.91 Å². The molecule has 0 saturated carbocycles. The number of aliphatic hydroxyl groups excluding tert-OH is 3. The average Bonchev–Trinajstić information content (AvgIpc) is 2.55. The first-order valence-corrected chi connectivity index (χ1v) is 7.54. The Labute approximate surface area is 144 Å². The minimum atomic E-state index is -1.19. The van der Waals surface area contributed by atoms with E-state index < -0.39 is 36.2 Å². The summed E-state index contributed by atoms with van der Waals surface area (Å²) in [6.45, 7) is 6.98. The second kappa shape index (κ2) is 21.7. The Bertz CT molecular complexity index is 290. The molecular weight excluding hydrogens is 320 g/mol. The molecule has 24 heavy (non-hydrogen) atoms. The van der Waals surface area contributed by atoms with Gasteiger partial charge >= 0.3 is 5.97 Å². The molecule has 4 atom stereocenters. The standard InChI is InChI=1S/C6H13NO3.C5H12N2O2.C2H6O.CH5N/c1-3-10-6(9)5(8)4(2)7;1-3(6)4(8)5(9)7-2;1-2-3;1-2/h4-5,8H,3,7H2,1-2H3;3-4,8H,6H2,1-2H3,(H,7,9);3H,2H2,1H3;2H2,1H3. The zero-order valence-corrected chi connectivity index (χ0v) is 15.5. The number of hydrogen-bond acceptors (Lipinski definition) is 9. The summed E-state index contributed by atoms with van der Waals surface area (Å²) in [4.78, 5) is 21.1. The van der Waals surface area contributed by atoms with Gasteiger partial charge in [0, 0.05) is 25.7 Å². The highest BCUT2D eigenvalue weighted by Gasteiger charge is 2.19. The molecule has 0 heterocycles. The molecule has 1 amide bonds. The third kappa shape index (κ3) is 20.7. The number of nitrogens with two attached hydrogens (primary N) is 3. The summed E-state index contributed by atoms with van der Waals surface area (Å²) in [5, 5.41) is 27.6. The molecule has 148 valence electrons. The molecule has 10 N–H and O–H groups in total. The Morgan fingerprint density at radius 3 is 1.54 bits per heavy atom. The van der Waals surface area contributed by atoms with Crippen LogP contribution in [0.4, 0.5) is 0 Å². The van der Waals surface area contributed by atoms with Gasteiger partial charge in [0.15, 0.2) is 6.10 Å². The van der Waals surface area contributed by atoms with Gasteiger partial charge in [-0.3, -0.25) is 4.79 Å². The molecule has 0 spiro atoms. The molecular formula is C14H36N4O6. The van der Waals surface area contributed by atoms with Gasteiger partial charge in [0.05, 0.1) is 6.61 Å². The van der Waals surface area contributed by atoms with E-state index in [2.05, 4.69) is 15.8 Å². The topological polar surface area (TPSA) is 194 Å². The second-order valence-electron chi connectivity index (χ2n) is 4.29. The van der Waals surface area contributed by atoms with Crippen molar-refractivity contribution in [2.45, 2.75) is 52.0 Å². The molecule has 0 rings (SSSR count). The van der Waals surface area contributed by atoms with Gasteiger partial charge in [-0.15, -0.1) is 0 Å². The molecule has 10 heteroatoms. The van der Waals surface area contributed by atoms with Gasteiger partial charge in [-0.2, -0.15) is 0 Å². The van der Waals surface area contributed by atoms with Crippen LogP contribution in [0.2, 0.25) is 0 Å². The van der Waals surface area contributed by atoms with E-state index in [-0.39, 0.29) is 13.2 Å². The van der Waals surface area contributed by atoms with Crippen molar-refractivity contribution in [2.24, 2.45) is 17.2 Å². The van der Waals surface area contributed by atoms with Crippen molar-refractivity contribution in [2.75, 3.05) is 27.3 Å². The maximum atomic E-state index is 10.6. The lowest BCUT2D eigenvalue weighted by Crippen LogP contribution is -2.43. The largest absolute Gasteiger partial charge is 0.464 e. The van der Waals surface area contributed by atoms with E-state index >= 15 is 0 Å². The SMILES string of the molecule is CCO.CCOC(=O)C(O)C(C)N.CN.CNC(=O)C(O)C(C)N. The Balaban J connectivity index is -0.000000132. The van der Waals surface area contributed by atoms with Crippen molar-refractivity contribution >= 4 is 11.9 Å². The molecule has 0 aromatic carbocycles. The zero-order valence-electron chi connectivity index (χ0n) is 15.5. The van der Waals surface area contributed by atoms with E-state index in [9.17, 15) is 9.59 Å². The Morgan fingerprint density at radius 2 is 1.38 bits per heavy atom. The number of nitrogens with one attached hydrogen (secondary N) is 1. The first-order chi connectivity index (χ1) is 11.1. The van der Waals surface area contributed by atoms with Gasteiger partial charge in [0.1, 0.15) is 6.10 Å². The summed E-state index contributed by atoms with van der Waals surface area (Å²) in [6, 6.07) is -1.08. The van der Waals surface area contributed by atoms with Crippen molar-refractivity contribution in [3.8, 4) is 0 Å². The van der Waals surface area contributed by atoms with Crippen LogP contribution in [0.1, 0.15) is 27.7 Å². The van der Waals surface area contributed by atoms with Crippen molar-refractivity contribution in [3.05, 3.63) is 0 Å². The number of carbonyl (C=O) groups is 2. The maximum absolute atomic E-state index is 10.6. The summed E-state index contributed by atoms with van der Waals surface area (Å²) in [6.07, 6.45) is -2.28. The Hall–Kier alpha value is -1.30. The fraction of sp³-hybridized carbons (Fsp3) is 0.857. The van der Waals surface area contributed by atoms with E-state index in [1.54, 1.807) is 27.7 Å². The van der Waals surface area contributed by atoms with Crippen molar-refractivity contribution < 1.29 is 29.6 Å². The highest BCUT2D eigenvalue weighted by Crippen LogP contribution is 1.92. The quantitative estimate of drug-likeness (QED) is 0.256. The number of aliphatic hydroxyl groups is 3. The molecule has 0 aliphatic rings. The lowest BCUT2D eigenvalue weighted by atomic mass is 10.2. The van der Waals surface area contributed by atoms with E-state index in [0.29, 0.717) is 0 Å². The fourth-order valence-electron chi connectivity index (χ4n) is 0.829. The molecule has 0 fully saturated rings. The van der Waals surface area contributed by atoms with Crippen LogP contribution < -0.4 is 22.5 Å². The highest BCUT2D eigenvalue weighted by atomic mass is 16.5. The third-order valence-corrected chi connectivity index (χ3v) is 2.04. The molecule has 0 aromatic rings. The lowest BCUT2D eigenvalue weighted by molar-refractivity contribution is -0.153. The number of carbonyl (C=O) groups excluding carboxylic acids is 2. The Kier molecular flexibility index (Phi) is 27.6. The number of ether oxygens (including phenoxy) is 1. The van der Waals surface area contributed by atoms with Crippen LogP contribution in [-0.2, 0) is 14.3 Å². The zero-order chi connectivity index (χ0) is 20.3. The molecule has 0 saturated heterocycles. The summed E-state index contributed by atoms with van der Waals surface area (Å²) in [5.74, 6) is -1.09. The molecule has 0 bridgehead atoms. The molecule has 0 aliphatic heterocycles. The van der Waals surface area contributed by atoms with Crippen molar-refractivity contribution in [3.63, 3.8) is 0 Å². The van der Waals surface area contributed by atoms with E-state index in [1.807, 2.05) is 0 Å². The predicted molar refractivity (Wildman–Crippen MR) is 92.9 cm³/mol. The molecule has 0 aliphatic carbocycles. The lowest BCUT2D eigenvalue weighted by Gasteiger charge is -2.11. The smallest absolute Gasteiger partial charge is 0.336 e. The minimum absolute atomic E-state index is 0.250. The predicted octanol–water partition coefficient (Wildman–Crippen LogP) is -2.73. The monoisotopic (exact) mass is 356 g/mol. The van der Waals surface area contributed by atoms with Gasteiger partial charge in [-0.1, -0.05) is 0 Å². The fourth-order valence-corrected chi connectivity index (χ4v) is 0.829. The van der Waals surface area contributed by atoms with Crippen LogP contribution in [0.3, 0.4) is 0 Å². The number of amides is 1. The van der Waals surface area contributed by atoms with Gasteiger partial charge < -0.3 is 42.6 Å². The Morgan fingerprint density at radius 1 is 1.04 bits per heavy atom. The summed E-state index contributed by atoms with van der Waals surface area (Å²) < 4.78 is 4.50. The van der Waals surface area contributed by atoms with Crippen LogP contribution in [0.25, 0.3) is 0 Å². The number of hydrogen-bond donors (Lipinski definition) is 7. The van der Waals surface area contributed by atoms with E-state index in [0.717, 1.165) is 0 Å². The first kappa shape index (κ1) is 30.6. The summed E-state index contributed by atoms with van der Waals surface area (Å²) >= 11 is 0. The van der Waals surface area contributed by atoms with Crippen molar-refractivity contribution in [1.82, 2.24) is 5.32 Å². The summed E-state index contributed by atoms with van der Waals surface area (Å²) in [7, 11) is 2.95. The molecule has 10 nitrogen and oxygen atoms in total. The normalized spacial score (nSPS) is 13.8. The van der Waals surface area contributed by atoms with E-state index in [1.165, 1.54) is 14.1 Å². The number of esters is 1. The average molecular weight is 356 g/mol. The van der Waals surface area contributed by atoms with Gasteiger partial charge in [-0.25, -0.2) is 4.79 Å². The van der Waals surface area contributed by atoms with Gasteiger partial charge in [-0.05, 0) is 34.7 Å². The molecule has 0 aromatic heterocycles. The van der Waals surface area contributed by atoms with Crippen LogP contribution in [0.15, 0.2) is 0 Å². The minimum Gasteiger partial charge on any atom is -0.464 e. The maximum Gasteiger partial charge on any atom is 0.336 e.